The molecule has 1 saturated heterocycles. The number of nitrogens with zero attached hydrogens (tertiary/aromatic N) is 5. The third-order valence-corrected chi connectivity index (χ3v) is 6.89. The van der Waals surface area contributed by atoms with Crippen molar-refractivity contribution in [2.75, 3.05) is 25.6 Å². The molecule has 1 amide bonds. The number of nitrogens with two attached hydrogens (primary N) is 1. The minimum Gasteiger partial charge on any atom is -0.454 e. The molecule has 12 nitrogen and oxygen atoms in total. The lowest BCUT2D eigenvalue weighted by Gasteiger charge is -2.28. The number of anilines is 1. The number of hydrogen-bond donors (Lipinski definition) is 2. The smallest absolute Gasteiger partial charge is 0.294 e. The molecule has 0 saturated carbocycles. The average molecular weight is 473 g/mol. The van der Waals surface area contributed by atoms with Crippen LogP contribution in [0.15, 0.2) is 28.5 Å². The number of carbonyl (C=O) groups excluding carboxylic acids is 1. The maximum Gasteiger partial charge on any atom is 0.294 e. The molecular formula is C20H22N7O5S+. The predicted molar refractivity (Wildman–Crippen MR) is 117 cm³/mol. The number of nitro benzene ring substituents is 1. The molecule has 5 rings (SSSR count). The molecular weight excluding hydrogens is 450 g/mol. The van der Waals surface area contributed by atoms with Crippen LogP contribution in [0, 0.1) is 16.0 Å². The summed E-state index contributed by atoms with van der Waals surface area (Å²) in [5, 5.41) is 12.0. The number of imidazole rings is 1. The van der Waals surface area contributed by atoms with Crippen LogP contribution >= 0.6 is 11.8 Å². The summed E-state index contributed by atoms with van der Waals surface area (Å²) in [5.74, 6) is 1.63. The van der Waals surface area contributed by atoms with Crippen LogP contribution in [0.1, 0.15) is 19.3 Å². The van der Waals surface area contributed by atoms with Gasteiger partial charge in [0.25, 0.3) is 11.3 Å². The Balaban J connectivity index is 1.38. The second-order valence-corrected chi connectivity index (χ2v) is 9.00. The van der Waals surface area contributed by atoms with Gasteiger partial charge < -0.3 is 25.1 Å². The molecule has 3 N–H and O–H groups in total. The van der Waals surface area contributed by atoms with Gasteiger partial charge in [-0.25, -0.2) is 4.57 Å². The van der Waals surface area contributed by atoms with Crippen LogP contribution in [0.3, 0.4) is 0 Å². The van der Waals surface area contributed by atoms with E-state index in [4.69, 9.17) is 15.2 Å². The van der Waals surface area contributed by atoms with Gasteiger partial charge >= 0.3 is 0 Å². The number of benzene rings is 1. The molecule has 0 bridgehead atoms. The monoisotopic (exact) mass is 472 g/mol. The van der Waals surface area contributed by atoms with E-state index in [1.807, 2.05) is 4.57 Å². The lowest BCUT2D eigenvalue weighted by Crippen LogP contribution is -2.38. The van der Waals surface area contributed by atoms with E-state index in [1.54, 1.807) is 17.3 Å². The lowest BCUT2D eigenvalue weighted by atomic mass is 9.94. The zero-order chi connectivity index (χ0) is 22.9. The number of hydrogen-bond acceptors (Lipinski definition) is 9. The van der Waals surface area contributed by atoms with Crippen LogP contribution in [0.2, 0.25) is 0 Å². The predicted octanol–water partition coefficient (Wildman–Crippen LogP) is 1.87. The van der Waals surface area contributed by atoms with E-state index in [-0.39, 0.29) is 12.5 Å². The first kappa shape index (κ1) is 21.2. The molecule has 0 unspecified atom stereocenters. The Kier molecular flexibility index (Phi) is 5.62. The van der Waals surface area contributed by atoms with Crippen molar-refractivity contribution in [1.29, 1.82) is 0 Å². The molecule has 1 fully saturated rings. The van der Waals surface area contributed by atoms with Crippen LogP contribution in [0.25, 0.3) is 11.2 Å². The van der Waals surface area contributed by atoms with E-state index in [0.29, 0.717) is 51.0 Å². The van der Waals surface area contributed by atoms with Crippen LogP contribution < -0.4 is 19.8 Å². The molecule has 13 heteroatoms. The van der Waals surface area contributed by atoms with Crippen molar-refractivity contribution in [2.24, 2.45) is 5.92 Å². The number of nitrogens with one attached hydrogen (secondary N) is 1. The topological polar surface area (TPSA) is 153 Å². The van der Waals surface area contributed by atoms with Crippen LogP contribution in [-0.4, -0.2) is 51.1 Å². The Morgan fingerprint density at radius 1 is 1.33 bits per heavy atom. The highest BCUT2D eigenvalue weighted by Crippen LogP contribution is 2.43. The Labute approximate surface area is 192 Å². The summed E-state index contributed by atoms with van der Waals surface area (Å²) in [6.07, 6.45) is 5.45. The number of likely N-dealkylation sites (tertiary alicyclic amines) is 1. The minimum atomic E-state index is -0.459. The molecule has 4 heterocycles. The van der Waals surface area contributed by atoms with Crippen molar-refractivity contribution < 1.29 is 23.8 Å². The van der Waals surface area contributed by atoms with Crippen molar-refractivity contribution in [3.63, 3.8) is 0 Å². The summed E-state index contributed by atoms with van der Waals surface area (Å²) in [6, 6.07) is 2.94. The third kappa shape index (κ3) is 4.23. The van der Waals surface area contributed by atoms with Gasteiger partial charge in [0.05, 0.1) is 22.4 Å². The first-order chi connectivity index (χ1) is 16.0. The fourth-order valence-corrected chi connectivity index (χ4v) is 5.00. The molecule has 0 radical (unpaired) electrons. The third-order valence-electron chi connectivity index (χ3n) is 5.96. The molecule has 0 spiro atoms. The molecule has 2 aliphatic rings. The van der Waals surface area contributed by atoms with Crippen molar-refractivity contribution in [2.45, 2.75) is 35.9 Å². The second kappa shape index (κ2) is 8.73. The summed E-state index contributed by atoms with van der Waals surface area (Å²) < 4.78 is 12.6. The number of ether oxygens (including phenoxy) is 2. The number of rotatable bonds is 7. The molecule has 2 aromatic heterocycles. The number of piperidine rings is 1. The standard InChI is InChI=1S/C20H21N7O5S/c21-18-17-19(26(9-22-18)6-3-12-1-4-25(10-28)5-2-12)24-20(23-17)33-16-8-15-14(31-11-32-15)7-13(16)27(29)30/h7-10,12H,1-6,11H2,(H2,21,23,24)/p+1. The number of aromatic amines is 1. The SMILES string of the molecule is Nc1nc[n+](CCC2CCN(C=O)CC2)c2nc(Sc3cc4c(cc3[N+](=O)[O-])OCO4)[nH]c12. The fourth-order valence-electron chi connectivity index (χ4n) is 4.10. The summed E-state index contributed by atoms with van der Waals surface area (Å²) in [5.41, 5.74) is 7.19. The van der Waals surface area contributed by atoms with Gasteiger partial charge in [-0.3, -0.25) is 14.9 Å². The van der Waals surface area contributed by atoms with Crippen molar-refractivity contribution in [1.82, 2.24) is 19.9 Å². The molecule has 0 atom stereocenters. The molecule has 3 aromatic rings. The van der Waals surface area contributed by atoms with Crippen molar-refractivity contribution >= 4 is 40.8 Å². The number of H-pyrrole nitrogens is 1. The van der Waals surface area contributed by atoms with Crippen molar-refractivity contribution in [3.05, 3.63) is 28.6 Å². The largest absolute Gasteiger partial charge is 0.454 e. The van der Waals surface area contributed by atoms with Gasteiger partial charge in [-0.2, -0.15) is 0 Å². The van der Waals surface area contributed by atoms with E-state index in [9.17, 15) is 14.9 Å². The van der Waals surface area contributed by atoms with Gasteiger partial charge in [0.2, 0.25) is 30.5 Å². The first-order valence-corrected chi connectivity index (χ1v) is 11.3. The maximum absolute atomic E-state index is 11.6. The Hall–Kier alpha value is -3.61. The first-order valence-electron chi connectivity index (χ1n) is 10.5. The molecule has 2 aliphatic heterocycles. The van der Waals surface area contributed by atoms with E-state index >= 15 is 0 Å². The minimum absolute atomic E-state index is 0.0294. The number of carbonyl (C=O) groups is 1. The lowest BCUT2D eigenvalue weighted by molar-refractivity contribution is -0.677. The summed E-state index contributed by atoms with van der Waals surface area (Å²) in [6.45, 7) is 2.30. The number of nitro groups is 1. The van der Waals surface area contributed by atoms with Crippen LogP contribution in [0.4, 0.5) is 11.5 Å². The zero-order valence-corrected chi connectivity index (χ0v) is 18.4. The highest BCUT2D eigenvalue weighted by atomic mass is 32.2. The van der Waals surface area contributed by atoms with Gasteiger partial charge in [0.15, 0.2) is 17.0 Å². The number of fused-ring (bicyclic) bond motifs is 2. The Bertz CT molecular complexity index is 1230. The van der Waals surface area contributed by atoms with Crippen LogP contribution in [0.5, 0.6) is 11.5 Å². The summed E-state index contributed by atoms with van der Waals surface area (Å²) in [4.78, 5) is 36.3. The van der Waals surface area contributed by atoms with Gasteiger partial charge in [0, 0.05) is 19.2 Å². The average Bonchev–Trinajstić information content (AvgIpc) is 3.45. The number of aromatic nitrogens is 4. The van der Waals surface area contributed by atoms with Gasteiger partial charge in [0.1, 0.15) is 0 Å². The fraction of sp³-hybridized carbons (Fsp3) is 0.400. The van der Waals surface area contributed by atoms with Gasteiger partial charge in [-0.1, -0.05) is 9.97 Å². The number of aryl methyl sites for hydroxylation is 1. The van der Waals surface area contributed by atoms with Crippen LogP contribution in [-0.2, 0) is 11.3 Å². The number of amides is 1. The van der Waals surface area contributed by atoms with Crippen molar-refractivity contribution in [3.8, 4) is 11.5 Å². The second-order valence-electron chi connectivity index (χ2n) is 7.97. The highest BCUT2D eigenvalue weighted by Gasteiger charge is 2.27. The van der Waals surface area contributed by atoms with E-state index in [2.05, 4.69) is 15.0 Å². The highest BCUT2D eigenvalue weighted by molar-refractivity contribution is 7.99. The van der Waals surface area contributed by atoms with E-state index in [0.717, 1.165) is 50.5 Å². The van der Waals surface area contributed by atoms with Gasteiger partial charge in [-0.15, -0.1) is 0 Å². The van der Waals surface area contributed by atoms with Gasteiger partial charge in [-0.05, 0) is 36.9 Å². The maximum atomic E-state index is 11.6. The molecule has 172 valence electrons. The quantitative estimate of drug-likeness (QED) is 0.227. The zero-order valence-electron chi connectivity index (χ0n) is 17.6. The number of nitrogen functional groups attached to an aromatic ring is 1. The van der Waals surface area contributed by atoms with E-state index in [1.165, 1.54) is 6.07 Å². The normalized spacial score (nSPS) is 15.8. The van der Waals surface area contributed by atoms with E-state index < -0.39 is 4.92 Å². The summed E-state index contributed by atoms with van der Waals surface area (Å²) in [7, 11) is 0. The Morgan fingerprint density at radius 3 is 2.82 bits per heavy atom. The molecule has 33 heavy (non-hydrogen) atoms. The molecule has 0 aliphatic carbocycles. The Morgan fingerprint density at radius 2 is 2.09 bits per heavy atom. The summed E-state index contributed by atoms with van der Waals surface area (Å²) >= 11 is 1.12. The molecule has 1 aromatic carbocycles.